The molecule has 90 valence electrons. The van der Waals surface area contributed by atoms with Crippen LogP contribution in [0.5, 0.6) is 5.75 Å². The minimum absolute atomic E-state index is 0.323. The van der Waals surface area contributed by atoms with Gasteiger partial charge in [-0.15, -0.1) is 5.10 Å². The summed E-state index contributed by atoms with van der Waals surface area (Å²) in [5, 5.41) is 19.7. The molecule has 1 aromatic carbocycles. The van der Waals surface area contributed by atoms with Gasteiger partial charge in [0.1, 0.15) is 0 Å². The van der Waals surface area contributed by atoms with Crippen LogP contribution in [0.2, 0.25) is 0 Å². The van der Waals surface area contributed by atoms with Gasteiger partial charge in [-0.2, -0.15) is 0 Å². The van der Waals surface area contributed by atoms with Gasteiger partial charge >= 0.3 is 0 Å². The molecule has 6 heteroatoms. The maximum Gasteiger partial charge on any atom is 0.165 e. The first-order valence-corrected chi connectivity index (χ1v) is 5.28. The fraction of sp³-hybridized carbons (Fsp3) is 0.273. The third-order valence-corrected chi connectivity index (χ3v) is 2.33. The van der Waals surface area contributed by atoms with E-state index < -0.39 is 5.82 Å². The van der Waals surface area contributed by atoms with E-state index in [1.807, 2.05) is 0 Å². The van der Waals surface area contributed by atoms with Gasteiger partial charge in [0.25, 0.3) is 0 Å². The molecule has 2 rings (SSSR count). The number of aromatic nitrogens is 3. The Hall–Kier alpha value is -1.95. The maximum atomic E-state index is 13.0. The van der Waals surface area contributed by atoms with Crippen LogP contribution in [0.25, 0.3) is 0 Å². The van der Waals surface area contributed by atoms with Crippen molar-refractivity contribution in [3.8, 4) is 5.75 Å². The van der Waals surface area contributed by atoms with Crippen molar-refractivity contribution >= 4 is 0 Å². The monoisotopic (exact) mass is 236 g/mol. The fourth-order valence-electron chi connectivity index (χ4n) is 1.44. The largest absolute Gasteiger partial charge is 0.505 e. The SMILES string of the molecule is Oc1ccc(CNCCn2ccnn2)cc1F. The van der Waals surface area contributed by atoms with E-state index in [9.17, 15) is 4.39 Å². The van der Waals surface area contributed by atoms with Crippen LogP contribution < -0.4 is 5.32 Å². The van der Waals surface area contributed by atoms with Gasteiger partial charge in [0.2, 0.25) is 0 Å². The zero-order valence-corrected chi connectivity index (χ0v) is 9.17. The lowest BCUT2D eigenvalue weighted by molar-refractivity contribution is 0.431. The van der Waals surface area contributed by atoms with Crippen LogP contribution in [0.4, 0.5) is 4.39 Å². The van der Waals surface area contributed by atoms with Crippen molar-refractivity contribution in [1.82, 2.24) is 20.3 Å². The second-order valence-corrected chi connectivity index (χ2v) is 3.63. The molecule has 0 spiro atoms. The molecule has 0 saturated heterocycles. The van der Waals surface area contributed by atoms with Gasteiger partial charge in [0.15, 0.2) is 11.6 Å². The highest BCUT2D eigenvalue weighted by molar-refractivity contribution is 5.27. The van der Waals surface area contributed by atoms with Crippen LogP contribution in [0.3, 0.4) is 0 Å². The second kappa shape index (κ2) is 5.40. The summed E-state index contributed by atoms with van der Waals surface area (Å²) in [6, 6.07) is 4.35. The normalized spacial score (nSPS) is 10.6. The summed E-state index contributed by atoms with van der Waals surface area (Å²) in [4.78, 5) is 0. The molecule has 1 heterocycles. The third kappa shape index (κ3) is 3.25. The number of halogens is 1. The summed E-state index contributed by atoms with van der Waals surface area (Å²) in [6.45, 7) is 1.97. The molecule has 0 aliphatic carbocycles. The van der Waals surface area contributed by atoms with Crippen LogP contribution in [0, 0.1) is 5.82 Å². The van der Waals surface area contributed by atoms with Crippen molar-refractivity contribution in [2.24, 2.45) is 0 Å². The van der Waals surface area contributed by atoms with Crippen LogP contribution in [-0.2, 0) is 13.1 Å². The third-order valence-electron chi connectivity index (χ3n) is 2.33. The minimum Gasteiger partial charge on any atom is -0.505 e. The van der Waals surface area contributed by atoms with Crippen molar-refractivity contribution in [2.45, 2.75) is 13.1 Å². The molecule has 5 nitrogen and oxygen atoms in total. The summed E-state index contributed by atoms with van der Waals surface area (Å²) in [5.41, 5.74) is 0.791. The van der Waals surface area contributed by atoms with Crippen molar-refractivity contribution < 1.29 is 9.50 Å². The van der Waals surface area contributed by atoms with Crippen molar-refractivity contribution in [3.05, 3.63) is 42.0 Å². The Labute approximate surface area is 97.9 Å². The molecule has 0 unspecified atom stereocenters. The van der Waals surface area contributed by atoms with Crippen LogP contribution >= 0.6 is 0 Å². The number of hydrogen-bond acceptors (Lipinski definition) is 4. The highest BCUT2D eigenvalue weighted by Gasteiger charge is 2.01. The smallest absolute Gasteiger partial charge is 0.165 e. The van der Waals surface area contributed by atoms with Crippen molar-refractivity contribution in [1.29, 1.82) is 0 Å². The number of benzene rings is 1. The Morgan fingerprint density at radius 2 is 2.29 bits per heavy atom. The lowest BCUT2D eigenvalue weighted by Crippen LogP contribution is -2.19. The Morgan fingerprint density at radius 1 is 1.41 bits per heavy atom. The Morgan fingerprint density at radius 3 is 3.00 bits per heavy atom. The van der Waals surface area contributed by atoms with E-state index >= 15 is 0 Å². The molecule has 2 N–H and O–H groups in total. The van der Waals surface area contributed by atoms with E-state index in [4.69, 9.17) is 5.11 Å². The van der Waals surface area contributed by atoms with E-state index in [1.165, 1.54) is 12.1 Å². The topological polar surface area (TPSA) is 63.0 Å². The van der Waals surface area contributed by atoms with Crippen LogP contribution in [0.1, 0.15) is 5.56 Å². The molecule has 0 atom stereocenters. The van der Waals surface area contributed by atoms with Crippen molar-refractivity contribution in [2.75, 3.05) is 6.54 Å². The molecule has 0 amide bonds. The van der Waals surface area contributed by atoms with Gasteiger partial charge < -0.3 is 10.4 Å². The van der Waals surface area contributed by atoms with E-state index in [0.29, 0.717) is 19.6 Å². The molecule has 0 fully saturated rings. The highest BCUT2D eigenvalue weighted by Crippen LogP contribution is 2.15. The molecular weight excluding hydrogens is 223 g/mol. The Balaban J connectivity index is 1.76. The number of nitrogens with one attached hydrogen (secondary N) is 1. The predicted octanol–water partition coefficient (Wildman–Crippen LogP) is 0.913. The first-order chi connectivity index (χ1) is 8.25. The van der Waals surface area contributed by atoms with E-state index in [0.717, 1.165) is 5.56 Å². The summed E-state index contributed by atoms with van der Waals surface area (Å²) in [6.07, 6.45) is 3.40. The average molecular weight is 236 g/mol. The molecule has 0 aliphatic heterocycles. The number of phenolic OH excluding ortho intramolecular Hbond substituents is 1. The molecular formula is C11H13FN4O. The van der Waals surface area contributed by atoms with E-state index in [-0.39, 0.29) is 5.75 Å². The minimum atomic E-state index is -0.597. The van der Waals surface area contributed by atoms with Gasteiger partial charge in [-0.3, -0.25) is 4.68 Å². The molecule has 0 bridgehead atoms. The van der Waals surface area contributed by atoms with Gasteiger partial charge in [-0.1, -0.05) is 11.3 Å². The Kier molecular flexibility index (Phi) is 3.66. The Bertz CT molecular complexity index is 472. The molecule has 0 saturated carbocycles. The van der Waals surface area contributed by atoms with Gasteiger partial charge in [-0.05, 0) is 17.7 Å². The first-order valence-electron chi connectivity index (χ1n) is 5.28. The summed E-state index contributed by atoms with van der Waals surface area (Å²) in [5.74, 6) is -0.919. The van der Waals surface area contributed by atoms with E-state index in [1.54, 1.807) is 23.1 Å². The lowest BCUT2D eigenvalue weighted by Gasteiger charge is -2.05. The van der Waals surface area contributed by atoms with Gasteiger partial charge in [0, 0.05) is 19.3 Å². The number of nitrogens with zero attached hydrogens (tertiary/aromatic N) is 3. The fourth-order valence-corrected chi connectivity index (χ4v) is 1.44. The summed E-state index contributed by atoms with van der Waals surface area (Å²) < 4.78 is 14.7. The predicted molar refractivity (Wildman–Crippen MR) is 59.8 cm³/mol. The van der Waals surface area contributed by atoms with E-state index in [2.05, 4.69) is 15.6 Å². The second-order valence-electron chi connectivity index (χ2n) is 3.63. The average Bonchev–Trinajstić information content (AvgIpc) is 2.82. The molecule has 2 aromatic rings. The molecule has 1 aromatic heterocycles. The van der Waals surface area contributed by atoms with Crippen molar-refractivity contribution in [3.63, 3.8) is 0 Å². The number of phenols is 1. The summed E-state index contributed by atoms with van der Waals surface area (Å²) in [7, 11) is 0. The number of aromatic hydroxyl groups is 1. The number of rotatable bonds is 5. The quantitative estimate of drug-likeness (QED) is 0.757. The highest BCUT2D eigenvalue weighted by atomic mass is 19.1. The number of hydrogen-bond donors (Lipinski definition) is 2. The van der Waals surface area contributed by atoms with Crippen LogP contribution in [0.15, 0.2) is 30.6 Å². The maximum absolute atomic E-state index is 13.0. The van der Waals surface area contributed by atoms with Gasteiger partial charge in [-0.25, -0.2) is 4.39 Å². The molecule has 0 radical (unpaired) electrons. The first kappa shape index (κ1) is 11.5. The lowest BCUT2D eigenvalue weighted by atomic mass is 10.2. The zero-order chi connectivity index (χ0) is 12.1. The molecule has 0 aliphatic rings. The summed E-state index contributed by atoms with van der Waals surface area (Å²) >= 11 is 0. The van der Waals surface area contributed by atoms with Crippen LogP contribution in [-0.4, -0.2) is 26.6 Å². The van der Waals surface area contributed by atoms with Gasteiger partial charge in [0.05, 0.1) is 12.7 Å². The zero-order valence-electron chi connectivity index (χ0n) is 9.17. The molecule has 17 heavy (non-hydrogen) atoms. The standard InChI is InChI=1S/C11H13FN4O/c12-10-7-9(1-2-11(10)17)8-13-3-5-16-6-4-14-15-16/h1-2,4,6-7,13,17H,3,5,8H2.